The number of likely N-dealkylation sites (N-methyl/N-ethyl adjacent to an activating group) is 1. The normalized spacial score (nSPS) is 21.0. The standard InChI is InChI=1S/C18H31N3OS/c1-3-20(4-2)10-11-21(14-16-8-6-12-23-16)18(22)13-15-7-5-9-17(15)19/h6,8,12,15,17H,3-5,7,9-11,13-14,19H2,1-2H3/t15-,17+/m0/s1. The van der Waals surface area contributed by atoms with Crippen LogP contribution in [0.5, 0.6) is 0 Å². The number of thiophene rings is 1. The summed E-state index contributed by atoms with van der Waals surface area (Å²) in [4.78, 5) is 18.5. The van der Waals surface area contributed by atoms with Crippen LogP contribution in [0.1, 0.15) is 44.4 Å². The Bertz CT molecular complexity index is 459. The Hall–Kier alpha value is -0.910. The van der Waals surface area contributed by atoms with E-state index in [2.05, 4.69) is 36.3 Å². The van der Waals surface area contributed by atoms with E-state index in [1.54, 1.807) is 11.3 Å². The van der Waals surface area contributed by atoms with Crippen molar-refractivity contribution in [2.24, 2.45) is 11.7 Å². The number of rotatable bonds is 9. The number of hydrogen-bond acceptors (Lipinski definition) is 4. The van der Waals surface area contributed by atoms with Crippen molar-refractivity contribution in [1.82, 2.24) is 9.80 Å². The van der Waals surface area contributed by atoms with Crippen LogP contribution in [0.15, 0.2) is 17.5 Å². The molecule has 1 aliphatic carbocycles. The average Bonchev–Trinajstić information content (AvgIpc) is 3.19. The summed E-state index contributed by atoms with van der Waals surface area (Å²) in [6.45, 7) is 8.90. The highest BCUT2D eigenvalue weighted by Crippen LogP contribution is 2.27. The van der Waals surface area contributed by atoms with Crippen LogP contribution >= 0.6 is 11.3 Å². The smallest absolute Gasteiger partial charge is 0.223 e. The molecule has 1 amide bonds. The quantitative estimate of drug-likeness (QED) is 0.754. The fourth-order valence-electron chi connectivity index (χ4n) is 3.36. The van der Waals surface area contributed by atoms with Gasteiger partial charge in [-0.25, -0.2) is 0 Å². The minimum atomic E-state index is 0.213. The van der Waals surface area contributed by atoms with Crippen LogP contribution in [-0.4, -0.2) is 47.9 Å². The van der Waals surface area contributed by atoms with Crippen molar-refractivity contribution >= 4 is 17.2 Å². The maximum Gasteiger partial charge on any atom is 0.223 e. The van der Waals surface area contributed by atoms with E-state index in [0.29, 0.717) is 12.3 Å². The van der Waals surface area contributed by atoms with Crippen molar-refractivity contribution < 1.29 is 4.79 Å². The van der Waals surface area contributed by atoms with Gasteiger partial charge >= 0.3 is 0 Å². The van der Waals surface area contributed by atoms with Gasteiger partial charge in [0.15, 0.2) is 0 Å². The second kappa shape index (κ2) is 9.40. The molecule has 1 aromatic heterocycles. The molecule has 5 heteroatoms. The Kier molecular flexibility index (Phi) is 7.53. The molecule has 0 radical (unpaired) electrons. The molecule has 0 aromatic carbocycles. The molecule has 2 N–H and O–H groups in total. The first kappa shape index (κ1) is 18.4. The lowest BCUT2D eigenvalue weighted by atomic mass is 9.99. The minimum absolute atomic E-state index is 0.213. The van der Waals surface area contributed by atoms with Crippen LogP contribution in [0, 0.1) is 5.92 Å². The number of carbonyl (C=O) groups excluding carboxylic acids is 1. The van der Waals surface area contributed by atoms with E-state index >= 15 is 0 Å². The van der Waals surface area contributed by atoms with Crippen LogP contribution < -0.4 is 5.73 Å². The van der Waals surface area contributed by atoms with Gasteiger partial charge in [0.25, 0.3) is 0 Å². The largest absolute Gasteiger partial charge is 0.336 e. The van der Waals surface area contributed by atoms with E-state index in [1.807, 2.05) is 4.90 Å². The van der Waals surface area contributed by atoms with Crippen LogP contribution in [0.25, 0.3) is 0 Å². The summed E-state index contributed by atoms with van der Waals surface area (Å²) in [6.07, 6.45) is 3.96. The molecule has 130 valence electrons. The Balaban J connectivity index is 1.95. The second-order valence-corrected chi connectivity index (χ2v) is 7.51. The highest BCUT2D eigenvalue weighted by Gasteiger charge is 2.28. The molecule has 0 unspecified atom stereocenters. The molecule has 1 fully saturated rings. The zero-order valence-corrected chi connectivity index (χ0v) is 15.4. The van der Waals surface area contributed by atoms with Gasteiger partial charge in [-0.2, -0.15) is 0 Å². The van der Waals surface area contributed by atoms with Crippen molar-refractivity contribution in [3.63, 3.8) is 0 Å². The first-order valence-electron chi connectivity index (χ1n) is 8.92. The van der Waals surface area contributed by atoms with E-state index in [1.165, 1.54) is 11.3 Å². The highest BCUT2D eigenvalue weighted by atomic mass is 32.1. The van der Waals surface area contributed by atoms with Crippen LogP contribution in [-0.2, 0) is 11.3 Å². The predicted octanol–water partition coefficient (Wildman–Crippen LogP) is 2.94. The fourth-order valence-corrected chi connectivity index (χ4v) is 4.08. The van der Waals surface area contributed by atoms with Crippen molar-refractivity contribution in [2.45, 2.75) is 52.1 Å². The third kappa shape index (κ3) is 5.59. The summed E-state index contributed by atoms with van der Waals surface area (Å²) in [7, 11) is 0. The Morgan fingerprint density at radius 2 is 2.09 bits per heavy atom. The first-order chi connectivity index (χ1) is 11.1. The number of nitrogens with two attached hydrogens (primary N) is 1. The molecule has 0 saturated heterocycles. The van der Waals surface area contributed by atoms with Gasteiger partial charge in [-0.15, -0.1) is 11.3 Å². The molecule has 23 heavy (non-hydrogen) atoms. The van der Waals surface area contributed by atoms with E-state index in [-0.39, 0.29) is 11.9 Å². The summed E-state index contributed by atoms with van der Waals surface area (Å²) in [6, 6.07) is 4.38. The summed E-state index contributed by atoms with van der Waals surface area (Å²) in [5.41, 5.74) is 6.15. The van der Waals surface area contributed by atoms with Crippen LogP contribution in [0.3, 0.4) is 0 Å². The SMILES string of the molecule is CCN(CC)CCN(Cc1cccs1)C(=O)C[C@@H]1CCC[C@H]1N. The van der Waals surface area contributed by atoms with Gasteiger partial charge in [0, 0.05) is 30.4 Å². The zero-order valence-electron chi connectivity index (χ0n) is 14.5. The van der Waals surface area contributed by atoms with Gasteiger partial charge in [-0.3, -0.25) is 4.79 Å². The van der Waals surface area contributed by atoms with Crippen molar-refractivity contribution in [3.8, 4) is 0 Å². The summed E-state index contributed by atoms with van der Waals surface area (Å²) < 4.78 is 0. The van der Waals surface area contributed by atoms with Gasteiger partial charge in [0.05, 0.1) is 6.54 Å². The number of nitrogens with zero attached hydrogens (tertiary/aromatic N) is 2. The molecule has 1 aliphatic rings. The number of amides is 1. The molecule has 0 bridgehead atoms. The maximum absolute atomic E-state index is 12.8. The minimum Gasteiger partial charge on any atom is -0.336 e. The van der Waals surface area contributed by atoms with Crippen molar-refractivity contribution in [1.29, 1.82) is 0 Å². The molecule has 1 saturated carbocycles. The lowest BCUT2D eigenvalue weighted by Gasteiger charge is -2.28. The van der Waals surface area contributed by atoms with Gasteiger partial charge in [0.2, 0.25) is 5.91 Å². The molecule has 1 aromatic rings. The second-order valence-electron chi connectivity index (χ2n) is 6.48. The summed E-state index contributed by atoms with van der Waals surface area (Å²) in [5.74, 6) is 0.648. The molecule has 0 spiro atoms. The van der Waals surface area contributed by atoms with E-state index in [4.69, 9.17) is 5.73 Å². The Morgan fingerprint density at radius 3 is 2.65 bits per heavy atom. The molecule has 1 heterocycles. The molecule has 0 aliphatic heterocycles. The third-order valence-electron chi connectivity index (χ3n) is 5.01. The molecular formula is C18H31N3OS. The first-order valence-corrected chi connectivity index (χ1v) is 9.80. The van der Waals surface area contributed by atoms with Crippen molar-refractivity contribution in [3.05, 3.63) is 22.4 Å². The van der Waals surface area contributed by atoms with Gasteiger partial charge in [-0.1, -0.05) is 26.3 Å². The maximum atomic E-state index is 12.8. The van der Waals surface area contributed by atoms with E-state index < -0.39 is 0 Å². The zero-order chi connectivity index (χ0) is 16.7. The van der Waals surface area contributed by atoms with Crippen LogP contribution in [0.4, 0.5) is 0 Å². The third-order valence-corrected chi connectivity index (χ3v) is 5.88. The lowest BCUT2D eigenvalue weighted by molar-refractivity contribution is -0.133. The fraction of sp³-hybridized carbons (Fsp3) is 0.722. The molecule has 2 rings (SSSR count). The Labute approximate surface area is 144 Å². The van der Waals surface area contributed by atoms with Gasteiger partial charge < -0.3 is 15.5 Å². The lowest BCUT2D eigenvalue weighted by Crippen LogP contribution is -2.40. The van der Waals surface area contributed by atoms with Crippen molar-refractivity contribution in [2.75, 3.05) is 26.2 Å². The molecule has 2 atom stereocenters. The summed E-state index contributed by atoms with van der Waals surface area (Å²) in [5, 5.41) is 2.08. The monoisotopic (exact) mass is 337 g/mol. The van der Waals surface area contributed by atoms with E-state index in [9.17, 15) is 4.79 Å². The van der Waals surface area contributed by atoms with Gasteiger partial charge in [0.1, 0.15) is 0 Å². The summed E-state index contributed by atoms with van der Waals surface area (Å²) >= 11 is 1.73. The molecule has 4 nitrogen and oxygen atoms in total. The number of hydrogen-bond donors (Lipinski definition) is 1. The van der Waals surface area contributed by atoms with Crippen LogP contribution in [0.2, 0.25) is 0 Å². The topological polar surface area (TPSA) is 49.6 Å². The average molecular weight is 338 g/mol. The van der Waals surface area contributed by atoms with Gasteiger partial charge in [-0.05, 0) is 43.3 Å². The van der Waals surface area contributed by atoms with E-state index in [0.717, 1.165) is 45.6 Å². The highest BCUT2D eigenvalue weighted by molar-refractivity contribution is 7.09. The Morgan fingerprint density at radius 1 is 1.30 bits per heavy atom. The number of carbonyl (C=O) groups is 1. The molecular weight excluding hydrogens is 306 g/mol. The predicted molar refractivity (Wildman–Crippen MR) is 97.5 cm³/mol.